The lowest BCUT2D eigenvalue weighted by Crippen LogP contribution is -2.38. The molecule has 0 spiro atoms. The summed E-state index contributed by atoms with van der Waals surface area (Å²) in [6.07, 6.45) is 3.13. The number of nitrogens with zero attached hydrogens (tertiary/aromatic N) is 1. The molecule has 2 N–H and O–H groups in total. The highest BCUT2D eigenvalue weighted by Gasteiger charge is 2.35. The zero-order valence-electron chi connectivity index (χ0n) is 14.6. The molecule has 6 nitrogen and oxygen atoms in total. The number of amides is 3. The van der Waals surface area contributed by atoms with E-state index in [1.165, 1.54) is 5.56 Å². The van der Waals surface area contributed by atoms with Gasteiger partial charge in [0.1, 0.15) is 0 Å². The Morgan fingerprint density at radius 2 is 1.64 bits per heavy atom. The lowest BCUT2D eigenvalue weighted by molar-refractivity contribution is -0.126. The van der Waals surface area contributed by atoms with Crippen molar-refractivity contribution in [3.8, 4) is 0 Å². The van der Waals surface area contributed by atoms with Crippen LogP contribution in [0.5, 0.6) is 0 Å². The van der Waals surface area contributed by atoms with E-state index in [0.717, 1.165) is 24.9 Å². The van der Waals surface area contributed by atoms with Gasteiger partial charge in [-0.1, -0.05) is 19.1 Å². The highest BCUT2D eigenvalue weighted by molar-refractivity contribution is 6.00. The van der Waals surface area contributed by atoms with Gasteiger partial charge in [-0.25, -0.2) is 0 Å². The van der Waals surface area contributed by atoms with E-state index in [0.29, 0.717) is 19.6 Å². The molecule has 2 fully saturated rings. The molecule has 1 saturated carbocycles. The van der Waals surface area contributed by atoms with Crippen molar-refractivity contribution in [3.05, 3.63) is 29.8 Å². The van der Waals surface area contributed by atoms with Crippen molar-refractivity contribution in [3.63, 3.8) is 0 Å². The number of carbonyl (C=O) groups is 3. The fourth-order valence-corrected chi connectivity index (χ4v) is 3.05. The summed E-state index contributed by atoms with van der Waals surface area (Å²) in [5.74, 6) is -0.228. The molecule has 1 heterocycles. The summed E-state index contributed by atoms with van der Waals surface area (Å²) in [5, 5.41) is 5.63. The summed E-state index contributed by atoms with van der Waals surface area (Å²) in [4.78, 5) is 37.7. The van der Waals surface area contributed by atoms with Crippen LogP contribution in [0.3, 0.4) is 0 Å². The standard InChI is InChI=1S/C19H25N3O3/c1-2-13-3-7-16(8-4-13)22-12-15(11-17(22)23)19(25)21-10-9-20-18(24)14-5-6-14/h3-4,7-8,14-15H,2,5-6,9-12H2,1H3,(H,20,24)(H,21,25)/t15-/m0/s1. The van der Waals surface area contributed by atoms with Crippen LogP contribution in [-0.2, 0) is 20.8 Å². The maximum Gasteiger partial charge on any atom is 0.227 e. The highest BCUT2D eigenvalue weighted by atomic mass is 16.2. The zero-order chi connectivity index (χ0) is 17.8. The number of rotatable bonds is 7. The number of nitrogens with one attached hydrogen (secondary N) is 2. The van der Waals surface area contributed by atoms with Crippen LogP contribution in [0.25, 0.3) is 0 Å². The van der Waals surface area contributed by atoms with E-state index in [2.05, 4.69) is 17.6 Å². The first-order chi connectivity index (χ1) is 12.1. The normalized spacial score (nSPS) is 19.8. The largest absolute Gasteiger partial charge is 0.354 e. The second-order valence-corrected chi connectivity index (χ2v) is 6.78. The lowest BCUT2D eigenvalue weighted by atomic mass is 10.1. The molecule has 0 aromatic heterocycles. The molecule has 1 saturated heterocycles. The Hall–Kier alpha value is -2.37. The van der Waals surface area contributed by atoms with Crippen molar-refractivity contribution in [1.82, 2.24) is 10.6 Å². The maximum atomic E-state index is 12.3. The van der Waals surface area contributed by atoms with Gasteiger partial charge in [0.05, 0.1) is 5.92 Å². The Morgan fingerprint density at radius 1 is 1.04 bits per heavy atom. The quantitative estimate of drug-likeness (QED) is 0.731. The van der Waals surface area contributed by atoms with Crippen molar-refractivity contribution >= 4 is 23.4 Å². The molecule has 0 bridgehead atoms. The number of benzene rings is 1. The van der Waals surface area contributed by atoms with Crippen molar-refractivity contribution in [2.45, 2.75) is 32.6 Å². The van der Waals surface area contributed by atoms with Gasteiger partial charge in [0, 0.05) is 37.7 Å². The van der Waals surface area contributed by atoms with Crippen molar-refractivity contribution < 1.29 is 14.4 Å². The van der Waals surface area contributed by atoms with Crippen molar-refractivity contribution in [2.75, 3.05) is 24.5 Å². The van der Waals surface area contributed by atoms with Gasteiger partial charge in [0.2, 0.25) is 17.7 Å². The molecule has 1 aliphatic carbocycles. The third kappa shape index (κ3) is 4.38. The Morgan fingerprint density at radius 3 is 2.20 bits per heavy atom. The van der Waals surface area contributed by atoms with Gasteiger partial charge >= 0.3 is 0 Å². The van der Waals surface area contributed by atoms with Crippen LogP contribution < -0.4 is 15.5 Å². The molecule has 134 valence electrons. The minimum atomic E-state index is -0.336. The van der Waals surface area contributed by atoms with E-state index in [4.69, 9.17) is 0 Å². The first-order valence-electron chi connectivity index (χ1n) is 9.03. The van der Waals surface area contributed by atoms with Crippen LogP contribution in [-0.4, -0.2) is 37.4 Å². The average molecular weight is 343 g/mol. The number of carbonyl (C=O) groups excluding carboxylic acids is 3. The molecule has 1 aliphatic heterocycles. The van der Waals surface area contributed by atoms with Gasteiger partial charge in [-0.3, -0.25) is 14.4 Å². The van der Waals surface area contributed by atoms with E-state index < -0.39 is 0 Å². The summed E-state index contributed by atoms with van der Waals surface area (Å²) >= 11 is 0. The minimum absolute atomic E-state index is 0.0218. The monoisotopic (exact) mass is 343 g/mol. The third-order valence-corrected chi connectivity index (χ3v) is 4.82. The second kappa shape index (κ2) is 7.68. The molecule has 3 rings (SSSR count). The highest BCUT2D eigenvalue weighted by Crippen LogP contribution is 2.28. The molecule has 1 aromatic carbocycles. The number of anilines is 1. The molecular weight excluding hydrogens is 318 g/mol. The van der Waals surface area contributed by atoms with Gasteiger partial charge in [0.25, 0.3) is 0 Å². The Bertz CT molecular complexity index is 652. The van der Waals surface area contributed by atoms with Crippen LogP contribution in [0.4, 0.5) is 5.69 Å². The fourth-order valence-electron chi connectivity index (χ4n) is 3.05. The molecule has 25 heavy (non-hydrogen) atoms. The van der Waals surface area contributed by atoms with Crippen LogP contribution in [0, 0.1) is 11.8 Å². The summed E-state index contributed by atoms with van der Waals surface area (Å²) in [6.45, 7) is 3.32. The van der Waals surface area contributed by atoms with Gasteiger partial charge in [-0.2, -0.15) is 0 Å². The van der Waals surface area contributed by atoms with Crippen LogP contribution in [0.2, 0.25) is 0 Å². The molecule has 0 radical (unpaired) electrons. The lowest BCUT2D eigenvalue weighted by Gasteiger charge is -2.17. The predicted molar refractivity (Wildman–Crippen MR) is 95.0 cm³/mol. The Kier molecular flexibility index (Phi) is 5.36. The van der Waals surface area contributed by atoms with E-state index in [9.17, 15) is 14.4 Å². The molecule has 6 heteroatoms. The van der Waals surface area contributed by atoms with Crippen LogP contribution in [0.1, 0.15) is 31.7 Å². The molecule has 1 aromatic rings. The molecule has 2 aliphatic rings. The summed E-state index contributed by atoms with van der Waals surface area (Å²) in [6, 6.07) is 7.89. The third-order valence-electron chi connectivity index (χ3n) is 4.82. The smallest absolute Gasteiger partial charge is 0.227 e. The number of hydrogen-bond acceptors (Lipinski definition) is 3. The molecule has 1 atom stereocenters. The topological polar surface area (TPSA) is 78.5 Å². The van der Waals surface area contributed by atoms with Gasteiger partial charge in [-0.15, -0.1) is 0 Å². The number of aryl methyl sites for hydroxylation is 1. The van der Waals surface area contributed by atoms with E-state index in [-0.39, 0.29) is 36.0 Å². The average Bonchev–Trinajstić information content (AvgIpc) is 3.41. The maximum absolute atomic E-state index is 12.3. The minimum Gasteiger partial charge on any atom is -0.354 e. The summed E-state index contributed by atoms with van der Waals surface area (Å²) in [7, 11) is 0. The Labute approximate surface area is 148 Å². The number of hydrogen-bond donors (Lipinski definition) is 2. The van der Waals surface area contributed by atoms with E-state index in [1.54, 1.807) is 4.90 Å². The first kappa shape index (κ1) is 17.5. The van der Waals surface area contributed by atoms with Crippen LogP contribution in [0.15, 0.2) is 24.3 Å². The molecule has 0 unspecified atom stereocenters. The fraction of sp³-hybridized carbons (Fsp3) is 0.526. The van der Waals surface area contributed by atoms with E-state index in [1.807, 2.05) is 24.3 Å². The zero-order valence-corrected chi connectivity index (χ0v) is 14.6. The van der Waals surface area contributed by atoms with Gasteiger partial charge in [0.15, 0.2) is 0 Å². The van der Waals surface area contributed by atoms with E-state index >= 15 is 0 Å². The summed E-state index contributed by atoms with van der Waals surface area (Å²) in [5.41, 5.74) is 2.06. The second-order valence-electron chi connectivity index (χ2n) is 6.78. The molecular formula is C19H25N3O3. The van der Waals surface area contributed by atoms with Crippen LogP contribution >= 0.6 is 0 Å². The Balaban J connectivity index is 1.45. The predicted octanol–water partition coefficient (Wildman–Crippen LogP) is 1.24. The van der Waals surface area contributed by atoms with Gasteiger partial charge < -0.3 is 15.5 Å². The summed E-state index contributed by atoms with van der Waals surface area (Å²) < 4.78 is 0. The SMILES string of the molecule is CCc1ccc(N2C[C@@H](C(=O)NCCNC(=O)C3CC3)CC2=O)cc1. The van der Waals surface area contributed by atoms with Crippen molar-refractivity contribution in [1.29, 1.82) is 0 Å². The first-order valence-corrected chi connectivity index (χ1v) is 9.03. The van der Waals surface area contributed by atoms with Gasteiger partial charge in [-0.05, 0) is 37.0 Å². The molecule has 3 amide bonds. The van der Waals surface area contributed by atoms with Crippen molar-refractivity contribution in [2.24, 2.45) is 11.8 Å².